The van der Waals surface area contributed by atoms with Crippen molar-refractivity contribution >= 4 is 5.97 Å². The number of aromatic carboxylic acids is 1. The van der Waals surface area contributed by atoms with Crippen LogP contribution < -0.4 is 4.74 Å². The van der Waals surface area contributed by atoms with Crippen molar-refractivity contribution in [1.29, 1.82) is 0 Å². The van der Waals surface area contributed by atoms with Crippen LogP contribution in [0.4, 0.5) is 8.78 Å². The van der Waals surface area contributed by atoms with Gasteiger partial charge >= 0.3 is 5.97 Å². The summed E-state index contributed by atoms with van der Waals surface area (Å²) in [5.74, 6) is -2.35. The fraction of sp³-hybridized carbons (Fsp3) is 0.387. The molecular weight excluding hydrogens is 474 g/mol. The SMILES string of the molecule is CCOc1cc2c(cc1C(OCc1ccc(C(=O)O)cc1)c1cccc(F)c1F)C(C)(C)CCC2(C)C. The normalized spacial score (nSPS) is 16.6. The van der Waals surface area contributed by atoms with Gasteiger partial charge in [-0.15, -0.1) is 0 Å². The molecule has 0 heterocycles. The monoisotopic (exact) mass is 508 g/mol. The highest BCUT2D eigenvalue weighted by atomic mass is 19.2. The topological polar surface area (TPSA) is 55.8 Å². The molecule has 0 saturated heterocycles. The maximum atomic E-state index is 15.2. The van der Waals surface area contributed by atoms with Gasteiger partial charge in [0.15, 0.2) is 11.6 Å². The zero-order valence-electron chi connectivity index (χ0n) is 22.0. The number of carbonyl (C=O) groups is 1. The van der Waals surface area contributed by atoms with Crippen LogP contribution in [0.15, 0.2) is 54.6 Å². The molecule has 196 valence electrons. The Bertz CT molecular complexity index is 1300. The summed E-state index contributed by atoms with van der Waals surface area (Å²) in [5, 5.41) is 9.18. The Morgan fingerprint density at radius 2 is 1.57 bits per heavy atom. The zero-order chi connectivity index (χ0) is 27.0. The van der Waals surface area contributed by atoms with E-state index in [4.69, 9.17) is 9.47 Å². The van der Waals surface area contributed by atoms with Gasteiger partial charge in [0, 0.05) is 11.1 Å². The van der Waals surface area contributed by atoms with Gasteiger partial charge in [0.1, 0.15) is 11.9 Å². The molecule has 0 amide bonds. The molecule has 0 aliphatic heterocycles. The molecule has 0 saturated carbocycles. The summed E-state index contributed by atoms with van der Waals surface area (Å²) < 4.78 is 41.9. The molecule has 1 atom stereocenters. The molecule has 0 spiro atoms. The molecule has 1 unspecified atom stereocenters. The van der Waals surface area contributed by atoms with E-state index < -0.39 is 23.7 Å². The van der Waals surface area contributed by atoms with E-state index in [9.17, 15) is 14.3 Å². The first-order valence-electron chi connectivity index (χ1n) is 12.6. The second-order valence-electron chi connectivity index (χ2n) is 11.0. The van der Waals surface area contributed by atoms with Gasteiger partial charge < -0.3 is 14.6 Å². The van der Waals surface area contributed by atoms with Crippen LogP contribution in [0.1, 0.15) is 91.7 Å². The van der Waals surface area contributed by atoms with E-state index in [2.05, 4.69) is 27.7 Å². The number of benzene rings is 3. The molecule has 0 radical (unpaired) electrons. The van der Waals surface area contributed by atoms with Crippen molar-refractivity contribution in [3.63, 3.8) is 0 Å². The van der Waals surface area contributed by atoms with Gasteiger partial charge in [0.2, 0.25) is 0 Å². The van der Waals surface area contributed by atoms with Crippen molar-refractivity contribution in [3.8, 4) is 5.75 Å². The average molecular weight is 509 g/mol. The smallest absolute Gasteiger partial charge is 0.335 e. The van der Waals surface area contributed by atoms with Crippen molar-refractivity contribution in [1.82, 2.24) is 0 Å². The zero-order valence-corrected chi connectivity index (χ0v) is 22.0. The minimum absolute atomic E-state index is 0.0540. The Labute approximate surface area is 217 Å². The van der Waals surface area contributed by atoms with Crippen molar-refractivity contribution < 1.29 is 28.2 Å². The van der Waals surface area contributed by atoms with E-state index in [-0.39, 0.29) is 28.6 Å². The third kappa shape index (κ3) is 5.40. The number of carboxylic acids is 1. The van der Waals surface area contributed by atoms with Crippen LogP contribution in [0, 0.1) is 11.6 Å². The van der Waals surface area contributed by atoms with E-state index in [0.29, 0.717) is 23.5 Å². The van der Waals surface area contributed by atoms with Crippen LogP contribution in [-0.2, 0) is 22.2 Å². The maximum absolute atomic E-state index is 15.2. The van der Waals surface area contributed by atoms with Crippen LogP contribution in [-0.4, -0.2) is 17.7 Å². The Hall–Kier alpha value is -3.25. The van der Waals surface area contributed by atoms with Gasteiger partial charge in [-0.2, -0.15) is 0 Å². The molecule has 6 heteroatoms. The highest BCUT2D eigenvalue weighted by molar-refractivity contribution is 5.87. The largest absolute Gasteiger partial charge is 0.493 e. The first-order valence-corrected chi connectivity index (χ1v) is 12.6. The van der Waals surface area contributed by atoms with Gasteiger partial charge in [-0.1, -0.05) is 52.0 Å². The minimum atomic E-state index is -1.02. The lowest BCUT2D eigenvalue weighted by Gasteiger charge is -2.42. The van der Waals surface area contributed by atoms with E-state index in [1.54, 1.807) is 12.1 Å². The molecular formula is C31H34F2O4. The second kappa shape index (κ2) is 10.3. The summed E-state index contributed by atoms with van der Waals surface area (Å²) in [5.41, 5.74) is 3.77. The molecule has 1 aliphatic rings. The Kier molecular flexibility index (Phi) is 7.43. The summed E-state index contributed by atoms with van der Waals surface area (Å²) in [4.78, 5) is 11.2. The lowest BCUT2D eigenvalue weighted by molar-refractivity contribution is 0.0615. The minimum Gasteiger partial charge on any atom is -0.493 e. The van der Waals surface area contributed by atoms with Gasteiger partial charge in [-0.05, 0) is 77.6 Å². The second-order valence-corrected chi connectivity index (χ2v) is 11.0. The number of ether oxygens (including phenoxy) is 2. The Balaban J connectivity index is 1.85. The molecule has 1 aliphatic carbocycles. The Morgan fingerprint density at radius 1 is 0.946 bits per heavy atom. The van der Waals surface area contributed by atoms with E-state index >= 15 is 4.39 Å². The third-order valence-electron chi connectivity index (χ3n) is 7.45. The fourth-order valence-electron chi connectivity index (χ4n) is 5.09. The van der Waals surface area contributed by atoms with Crippen molar-refractivity contribution in [2.75, 3.05) is 6.61 Å². The first-order chi connectivity index (χ1) is 17.4. The highest BCUT2D eigenvalue weighted by Gasteiger charge is 2.39. The number of carboxylic acid groups (broad SMARTS) is 1. The molecule has 3 aromatic carbocycles. The lowest BCUT2D eigenvalue weighted by atomic mass is 9.62. The molecule has 37 heavy (non-hydrogen) atoms. The van der Waals surface area contributed by atoms with Crippen LogP contribution in [0.25, 0.3) is 0 Å². The first kappa shape index (κ1) is 26.8. The fourth-order valence-corrected chi connectivity index (χ4v) is 5.09. The third-order valence-corrected chi connectivity index (χ3v) is 7.45. The number of halogens is 2. The molecule has 0 fully saturated rings. The van der Waals surface area contributed by atoms with Gasteiger partial charge in [0.05, 0.1) is 18.8 Å². The van der Waals surface area contributed by atoms with Crippen molar-refractivity contribution in [2.24, 2.45) is 0 Å². The lowest BCUT2D eigenvalue weighted by Crippen LogP contribution is -2.34. The van der Waals surface area contributed by atoms with E-state index in [1.165, 1.54) is 29.8 Å². The van der Waals surface area contributed by atoms with Crippen molar-refractivity contribution in [3.05, 3.63) is 99.6 Å². The number of hydrogen-bond donors (Lipinski definition) is 1. The predicted octanol–water partition coefficient (Wildman–Crippen LogP) is 7.72. The van der Waals surface area contributed by atoms with E-state index in [1.807, 2.05) is 19.1 Å². The molecule has 0 bridgehead atoms. The number of fused-ring (bicyclic) bond motifs is 1. The standard InChI is InChI=1S/C31H34F2O4/c1-6-36-26-17-24-23(30(2,3)14-15-31(24,4)5)16-22(26)28(21-8-7-9-25(32)27(21)33)37-18-19-10-12-20(13-11-19)29(34)35/h7-13,16-17,28H,6,14-15,18H2,1-5H3,(H,34,35). The predicted molar refractivity (Wildman–Crippen MR) is 139 cm³/mol. The van der Waals surface area contributed by atoms with Crippen LogP contribution in [0.2, 0.25) is 0 Å². The quantitative estimate of drug-likeness (QED) is 0.338. The van der Waals surface area contributed by atoms with Crippen LogP contribution >= 0.6 is 0 Å². The maximum Gasteiger partial charge on any atom is 0.335 e. The molecule has 4 rings (SSSR count). The van der Waals surface area contributed by atoms with E-state index in [0.717, 1.165) is 24.5 Å². The number of rotatable bonds is 8. The van der Waals surface area contributed by atoms with Crippen molar-refractivity contribution in [2.45, 2.75) is 71.0 Å². The molecule has 1 N–H and O–H groups in total. The van der Waals surface area contributed by atoms with Crippen LogP contribution in [0.5, 0.6) is 5.75 Å². The highest BCUT2D eigenvalue weighted by Crippen LogP contribution is 2.49. The molecule has 0 aromatic heterocycles. The summed E-state index contributed by atoms with van der Waals surface area (Å²) >= 11 is 0. The van der Waals surface area contributed by atoms with Gasteiger partial charge in [-0.25, -0.2) is 13.6 Å². The van der Waals surface area contributed by atoms with Gasteiger partial charge in [0.25, 0.3) is 0 Å². The molecule has 4 nitrogen and oxygen atoms in total. The summed E-state index contributed by atoms with van der Waals surface area (Å²) in [6.45, 7) is 11.2. The molecule has 3 aromatic rings. The van der Waals surface area contributed by atoms with Gasteiger partial charge in [-0.3, -0.25) is 0 Å². The summed E-state index contributed by atoms with van der Waals surface area (Å²) in [6.07, 6.45) is 1.08. The number of hydrogen-bond acceptors (Lipinski definition) is 3. The summed E-state index contributed by atoms with van der Waals surface area (Å²) in [6, 6.07) is 14.5. The Morgan fingerprint density at radius 3 is 2.16 bits per heavy atom. The van der Waals surface area contributed by atoms with Crippen LogP contribution in [0.3, 0.4) is 0 Å². The summed E-state index contributed by atoms with van der Waals surface area (Å²) in [7, 11) is 0. The average Bonchev–Trinajstić information content (AvgIpc) is 2.85.